The van der Waals surface area contributed by atoms with Crippen LogP contribution in [0.15, 0.2) is 30.3 Å². The van der Waals surface area contributed by atoms with E-state index in [1.54, 1.807) is 0 Å². The largest absolute Gasteiger partial charge is 0.337 e. The van der Waals surface area contributed by atoms with Crippen LogP contribution in [-0.2, 0) is 4.79 Å². The first kappa shape index (κ1) is 18.7. The number of hydrogen-bond donors (Lipinski definition) is 0. The Morgan fingerprint density at radius 1 is 1.04 bits per heavy atom. The topological polar surface area (TPSA) is 40.6 Å². The van der Waals surface area contributed by atoms with Gasteiger partial charge in [0.1, 0.15) is 0 Å². The predicted octanol–water partition coefficient (Wildman–Crippen LogP) is 3.23. The molecule has 132 valence electrons. The molecule has 0 aliphatic carbocycles. The number of ketones is 1. The molecule has 1 aromatic rings. The van der Waals surface area contributed by atoms with Crippen molar-refractivity contribution in [2.24, 2.45) is 5.92 Å². The molecule has 1 aliphatic heterocycles. The van der Waals surface area contributed by atoms with Crippen LogP contribution < -0.4 is 0 Å². The maximum absolute atomic E-state index is 12.5. The standard InChI is InChI=1S/C20H30N2O2/c1-15(2)22(16(3)4)19(23)14-21-12-10-18(11-13-21)20(24)17-8-6-5-7-9-17/h5-9,15-16,18H,10-14H2,1-4H3. The first-order valence-corrected chi connectivity index (χ1v) is 9.03. The Bertz CT molecular complexity index is 538. The van der Waals surface area contributed by atoms with Crippen molar-refractivity contribution in [3.05, 3.63) is 35.9 Å². The molecule has 1 aromatic carbocycles. The fourth-order valence-electron chi connectivity index (χ4n) is 3.64. The van der Waals surface area contributed by atoms with Crippen LogP contribution in [0.1, 0.15) is 50.9 Å². The predicted molar refractivity (Wildman–Crippen MR) is 97.1 cm³/mol. The first-order chi connectivity index (χ1) is 11.4. The number of hydrogen-bond acceptors (Lipinski definition) is 3. The van der Waals surface area contributed by atoms with Gasteiger partial charge in [-0.3, -0.25) is 14.5 Å². The molecule has 0 spiro atoms. The van der Waals surface area contributed by atoms with Crippen LogP contribution in [0.3, 0.4) is 0 Å². The van der Waals surface area contributed by atoms with Crippen molar-refractivity contribution in [1.82, 2.24) is 9.80 Å². The van der Waals surface area contributed by atoms with Gasteiger partial charge in [0.05, 0.1) is 6.54 Å². The van der Waals surface area contributed by atoms with Crippen molar-refractivity contribution >= 4 is 11.7 Å². The second kappa shape index (κ2) is 8.43. The molecule has 0 bridgehead atoms. The number of carbonyl (C=O) groups is 2. The van der Waals surface area contributed by atoms with Crippen molar-refractivity contribution in [3.8, 4) is 0 Å². The molecule has 4 heteroatoms. The Balaban J connectivity index is 1.86. The van der Waals surface area contributed by atoms with Crippen LogP contribution >= 0.6 is 0 Å². The number of amides is 1. The molecule has 2 rings (SSSR count). The van der Waals surface area contributed by atoms with Gasteiger partial charge >= 0.3 is 0 Å². The van der Waals surface area contributed by atoms with Gasteiger partial charge in [-0.05, 0) is 53.6 Å². The first-order valence-electron chi connectivity index (χ1n) is 9.03. The highest BCUT2D eigenvalue weighted by atomic mass is 16.2. The third kappa shape index (κ3) is 4.67. The van der Waals surface area contributed by atoms with Crippen LogP contribution in [0.4, 0.5) is 0 Å². The van der Waals surface area contributed by atoms with Gasteiger partial charge in [0.2, 0.25) is 5.91 Å². The third-order valence-electron chi connectivity index (χ3n) is 4.78. The normalized spacial score (nSPS) is 16.6. The summed E-state index contributed by atoms with van der Waals surface area (Å²) in [5, 5.41) is 0. The van der Waals surface area contributed by atoms with E-state index in [0.717, 1.165) is 31.5 Å². The summed E-state index contributed by atoms with van der Waals surface area (Å²) in [5.41, 5.74) is 0.804. The molecule has 0 saturated carbocycles. The average molecular weight is 330 g/mol. The van der Waals surface area contributed by atoms with E-state index in [4.69, 9.17) is 0 Å². The van der Waals surface area contributed by atoms with Crippen LogP contribution in [-0.4, -0.2) is 53.2 Å². The van der Waals surface area contributed by atoms with E-state index in [-0.39, 0.29) is 29.7 Å². The zero-order valence-corrected chi connectivity index (χ0v) is 15.4. The molecule has 1 aliphatic rings. The highest BCUT2D eigenvalue weighted by Gasteiger charge is 2.28. The molecule has 0 N–H and O–H groups in total. The fourth-order valence-corrected chi connectivity index (χ4v) is 3.64. The van der Waals surface area contributed by atoms with E-state index in [2.05, 4.69) is 32.6 Å². The second-order valence-corrected chi connectivity index (χ2v) is 7.27. The van der Waals surface area contributed by atoms with Gasteiger partial charge < -0.3 is 4.90 Å². The lowest BCUT2D eigenvalue weighted by molar-refractivity contribution is -0.136. The lowest BCUT2D eigenvalue weighted by Crippen LogP contribution is -2.48. The lowest BCUT2D eigenvalue weighted by atomic mass is 9.89. The zero-order chi connectivity index (χ0) is 17.7. The van der Waals surface area contributed by atoms with E-state index in [1.807, 2.05) is 35.2 Å². The maximum atomic E-state index is 12.5. The zero-order valence-electron chi connectivity index (χ0n) is 15.4. The van der Waals surface area contributed by atoms with Crippen molar-refractivity contribution in [3.63, 3.8) is 0 Å². The number of likely N-dealkylation sites (tertiary alicyclic amines) is 1. The Morgan fingerprint density at radius 2 is 1.58 bits per heavy atom. The highest BCUT2D eigenvalue weighted by molar-refractivity contribution is 5.97. The van der Waals surface area contributed by atoms with Crippen LogP contribution in [0.25, 0.3) is 0 Å². The van der Waals surface area contributed by atoms with Gasteiger partial charge in [0.25, 0.3) is 0 Å². The minimum Gasteiger partial charge on any atom is -0.337 e. The Kier molecular flexibility index (Phi) is 6.55. The van der Waals surface area contributed by atoms with Gasteiger partial charge in [0, 0.05) is 23.6 Å². The number of rotatable bonds is 6. The summed E-state index contributed by atoms with van der Waals surface area (Å²) in [6.07, 6.45) is 1.68. The number of nitrogens with zero attached hydrogens (tertiary/aromatic N) is 2. The molecule has 1 heterocycles. The molecular weight excluding hydrogens is 300 g/mol. The number of Topliss-reactive ketones (excluding diaryl/α,β-unsaturated/α-hetero) is 1. The molecule has 4 nitrogen and oxygen atoms in total. The van der Waals surface area contributed by atoms with E-state index in [9.17, 15) is 9.59 Å². The summed E-state index contributed by atoms with van der Waals surface area (Å²) in [6, 6.07) is 9.97. The Morgan fingerprint density at radius 3 is 2.08 bits per heavy atom. The molecule has 1 saturated heterocycles. The summed E-state index contributed by atoms with van der Waals surface area (Å²) < 4.78 is 0. The van der Waals surface area contributed by atoms with E-state index in [0.29, 0.717) is 6.54 Å². The monoisotopic (exact) mass is 330 g/mol. The minimum absolute atomic E-state index is 0.0880. The Hall–Kier alpha value is -1.68. The molecule has 0 atom stereocenters. The van der Waals surface area contributed by atoms with Crippen molar-refractivity contribution in [2.45, 2.75) is 52.6 Å². The number of carbonyl (C=O) groups excluding carboxylic acids is 2. The summed E-state index contributed by atoms with van der Waals surface area (Å²) in [5.74, 6) is 0.519. The molecule has 1 amide bonds. The quantitative estimate of drug-likeness (QED) is 0.752. The molecule has 0 radical (unpaired) electrons. The lowest BCUT2D eigenvalue weighted by Gasteiger charge is -2.35. The molecule has 0 aromatic heterocycles. The summed E-state index contributed by atoms with van der Waals surface area (Å²) in [7, 11) is 0. The second-order valence-electron chi connectivity index (χ2n) is 7.27. The van der Waals surface area contributed by atoms with Gasteiger partial charge in [0.15, 0.2) is 5.78 Å². The average Bonchev–Trinajstić information content (AvgIpc) is 2.55. The fraction of sp³-hybridized carbons (Fsp3) is 0.600. The van der Waals surface area contributed by atoms with E-state index >= 15 is 0 Å². The maximum Gasteiger partial charge on any atom is 0.237 e. The van der Waals surface area contributed by atoms with Gasteiger partial charge in [-0.25, -0.2) is 0 Å². The Labute approximate surface area is 145 Å². The van der Waals surface area contributed by atoms with Crippen LogP contribution in [0.5, 0.6) is 0 Å². The van der Waals surface area contributed by atoms with Crippen molar-refractivity contribution in [1.29, 1.82) is 0 Å². The SMILES string of the molecule is CC(C)N(C(=O)CN1CCC(C(=O)c2ccccc2)CC1)C(C)C. The minimum atomic E-state index is 0.0880. The van der Waals surface area contributed by atoms with Crippen LogP contribution in [0.2, 0.25) is 0 Å². The van der Waals surface area contributed by atoms with E-state index < -0.39 is 0 Å². The summed E-state index contributed by atoms with van der Waals surface area (Å²) >= 11 is 0. The summed E-state index contributed by atoms with van der Waals surface area (Å²) in [6.45, 7) is 10.3. The third-order valence-corrected chi connectivity index (χ3v) is 4.78. The molecule has 1 fully saturated rings. The smallest absolute Gasteiger partial charge is 0.237 e. The van der Waals surface area contributed by atoms with Crippen molar-refractivity contribution in [2.75, 3.05) is 19.6 Å². The van der Waals surface area contributed by atoms with Gasteiger partial charge in [-0.1, -0.05) is 30.3 Å². The molecular formula is C20H30N2O2. The summed E-state index contributed by atoms with van der Waals surface area (Å²) in [4.78, 5) is 29.2. The highest BCUT2D eigenvalue weighted by Crippen LogP contribution is 2.22. The van der Waals surface area contributed by atoms with Gasteiger partial charge in [-0.15, -0.1) is 0 Å². The van der Waals surface area contributed by atoms with Gasteiger partial charge in [-0.2, -0.15) is 0 Å². The number of benzene rings is 1. The van der Waals surface area contributed by atoms with Crippen molar-refractivity contribution < 1.29 is 9.59 Å². The van der Waals surface area contributed by atoms with E-state index in [1.165, 1.54) is 0 Å². The number of piperidine rings is 1. The van der Waals surface area contributed by atoms with Crippen LogP contribution in [0, 0.1) is 5.92 Å². The molecule has 24 heavy (non-hydrogen) atoms. The molecule has 0 unspecified atom stereocenters.